The molecule has 6 heteroatoms. The number of ether oxygens (including phenoxy) is 1. The normalized spacial score (nSPS) is 19.1. The first-order valence-corrected chi connectivity index (χ1v) is 5.44. The molecule has 0 aliphatic carbocycles. The molecule has 98 valence electrons. The van der Waals surface area contributed by atoms with Gasteiger partial charge in [-0.3, -0.25) is 0 Å². The van der Waals surface area contributed by atoms with E-state index in [1.165, 1.54) is 0 Å². The van der Waals surface area contributed by atoms with Crippen LogP contribution in [0.15, 0.2) is 0 Å². The number of aliphatic hydroxyl groups excluding tert-OH is 5. The smallest absolute Gasteiger partial charge is 0.108 e. The van der Waals surface area contributed by atoms with Crippen molar-refractivity contribution in [2.24, 2.45) is 0 Å². The minimum Gasteiger partial charge on any atom is -0.394 e. The number of hydrogen-bond acceptors (Lipinski definition) is 6. The van der Waals surface area contributed by atoms with Crippen molar-refractivity contribution in [3.63, 3.8) is 0 Å². The van der Waals surface area contributed by atoms with Crippen LogP contribution in [0.5, 0.6) is 0 Å². The van der Waals surface area contributed by atoms with Gasteiger partial charge in [0.05, 0.1) is 25.9 Å². The van der Waals surface area contributed by atoms with Crippen molar-refractivity contribution in [2.75, 3.05) is 19.8 Å². The maximum Gasteiger partial charge on any atom is 0.108 e. The van der Waals surface area contributed by atoms with Crippen molar-refractivity contribution >= 4 is 0 Å². The van der Waals surface area contributed by atoms with Gasteiger partial charge >= 0.3 is 0 Å². The Morgan fingerprint density at radius 2 is 1.69 bits per heavy atom. The molecule has 4 atom stereocenters. The van der Waals surface area contributed by atoms with E-state index < -0.39 is 37.6 Å². The minimum absolute atomic E-state index is 0.115. The fraction of sp³-hybridized carbons (Fsp3) is 1.00. The molecule has 0 aliphatic heterocycles. The SMILES string of the molecule is CCCC(OCC(O)CO)C(O)C(O)CO. The van der Waals surface area contributed by atoms with E-state index in [-0.39, 0.29) is 6.61 Å². The molecule has 0 amide bonds. The summed E-state index contributed by atoms with van der Waals surface area (Å²) in [5, 5.41) is 45.2. The van der Waals surface area contributed by atoms with Gasteiger partial charge in [0.15, 0.2) is 0 Å². The second kappa shape index (κ2) is 8.86. The second-order valence-electron chi connectivity index (χ2n) is 3.74. The lowest BCUT2D eigenvalue weighted by atomic mass is 10.0. The Morgan fingerprint density at radius 1 is 1.06 bits per heavy atom. The van der Waals surface area contributed by atoms with Crippen LogP contribution in [0.25, 0.3) is 0 Å². The molecular formula is C10H22O6. The third-order valence-corrected chi connectivity index (χ3v) is 2.25. The highest BCUT2D eigenvalue weighted by Gasteiger charge is 2.26. The molecular weight excluding hydrogens is 216 g/mol. The monoisotopic (exact) mass is 238 g/mol. The number of aliphatic hydroxyl groups is 5. The topological polar surface area (TPSA) is 110 Å². The van der Waals surface area contributed by atoms with Crippen molar-refractivity contribution < 1.29 is 30.3 Å². The lowest BCUT2D eigenvalue weighted by Gasteiger charge is -2.26. The van der Waals surface area contributed by atoms with Gasteiger partial charge in [0.25, 0.3) is 0 Å². The Bertz CT molecular complexity index is 165. The van der Waals surface area contributed by atoms with Crippen molar-refractivity contribution in [1.82, 2.24) is 0 Å². The summed E-state index contributed by atoms with van der Waals surface area (Å²) >= 11 is 0. The Morgan fingerprint density at radius 3 is 2.12 bits per heavy atom. The average Bonchev–Trinajstić information content (AvgIpc) is 2.31. The molecule has 0 aromatic carbocycles. The van der Waals surface area contributed by atoms with E-state index in [0.717, 1.165) is 6.42 Å². The molecule has 0 rings (SSSR count). The highest BCUT2D eigenvalue weighted by atomic mass is 16.5. The van der Waals surface area contributed by atoms with Crippen molar-refractivity contribution in [1.29, 1.82) is 0 Å². The molecule has 0 spiro atoms. The van der Waals surface area contributed by atoms with Crippen LogP contribution in [0.2, 0.25) is 0 Å². The summed E-state index contributed by atoms with van der Waals surface area (Å²) in [5.74, 6) is 0. The highest BCUT2D eigenvalue weighted by Crippen LogP contribution is 2.11. The summed E-state index contributed by atoms with van der Waals surface area (Å²) in [6, 6.07) is 0. The lowest BCUT2D eigenvalue weighted by molar-refractivity contribution is -0.120. The van der Waals surface area contributed by atoms with Gasteiger partial charge in [0.2, 0.25) is 0 Å². The first-order chi connectivity index (χ1) is 7.56. The van der Waals surface area contributed by atoms with Gasteiger partial charge in [-0.2, -0.15) is 0 Å². The Balaban J connectivity index is 4.14. The van der Waals surface area contributed by atoms with E-state index in [9.17, 15) is 10.2 Å². The minimum atomic E-state index is -1.26. The fourth-order valence-corrected chi connectivity index (χ4v) is 1.28. The van der Waals surface area contributed by atoms with Gasteiger partial charge < -0.3 is 30.3 Å². The molecule has 0 aromatic rings. The Hall–Kier alpha value is -0.240. The number of rotatable bonds is 9. The molecule has 0 saturated heterocycles. The quantitative estimate of drug-likeness (QED) is 0.325. The molecule has 5 N–H and O–H groups in total. The van der Waals surface area contributed by atoms with E-state index in [1.54, 1.807) is 0 Å². The van der Waals surface area contributed by atoms with Crippen LogP contribution in [-0.2, 0) is 4.74 Å². The number of hydrogen-bond donors (Lipinski definition) is 5. The Labute approximate surface area is 95.1 Å². The van der Waals surface area contributed by atoms with Gasteiger partial charge in [-0.05, 0) is 6.42 Å². The zero-order valence-corrected chi connectivity index (χ0v) is 9.49. The standard InChI is InChI=1S/C10H22O6/c1-2-3-9(10(15)8(14)5-12)16-6-7(13)4-11/h7-15H,2-6H2,1H3. The summed E-state index contributed by atoms with van der Waals surface area (Å²) < 4.78 is 5.19. The van der Waals surface area contributed by atoms with Crippen molar-refractivity contribution in [2.45, 2.75) is 44.2 Å². The summed E-state index contributed by atoms with van der Waals surface area (Å²) in [7, 11) is 0. The van der Waals surface area contributed by atoms with Gasteiger partial charge in [0.1, 0.15) is 18.3 Å². The third-order valence-electron chi connectivity index (χ3n) is 2.25. The predicted molar refractivity (Wildman–Crippen MR) is 56.8 cm³/mol. The van der Waals surface area contributed by atoms with Gasteiger partial charge in [0, 0.05) is 0 Å². The molecule has 0 aliphatic rings. The Kier molecular flexibility index (Phi) is 8.73. The zero-order valence-electron chi connectivity index (χ0n) is 9.49. The molecule has 0 aromatic heterocycles. The molecule has 4 unspecified atom stereocenters. The summed E-state index contributed by atoms with van der Waals surface area (Å²) in [4.78, 5) is 0. The van der Waals surface area contributed by atoms with Crippen LogP contribution in [0.4, 0.5) is 0 Å². The van der Waals surface area contributed by atoms with Crippen molar-refractivity contribution in [3.05, 3.63) is 0 Å². The van der Waals surface area contributed by atoms with Gasteiger partial charge in [-0.15, -0.1) is 0 Å². The summed E-state index contributed by atoms with van der Waals surface area (Å²) in [5.41, 5.74) is 0. The van der Waals surface area contributed by atoms with Crippen LogP contribution in [0.1, 0.15) is 19.8 Å². The fourth-order valence-electron chi connectivity index (χ4n) is 1.28. The van der Waals surface area contributed by atoms with E-state index in [2.05, 4.69) is 0 Å². The maximum atomic E-state index is 9.62. The first-order valence-electron chi connectivity index (χ1n) is 5.44. The van der Waals surface area contributed by atoms with Gasteiger partial charge in [-0.1, -0.05) is 13.3 Å². The van der Waals surface area contributed by atoms with E-state index in [4.69, 9.17) is 20.1 Å². The highest BCUT2D eigenvalue weighted by molar-refractivity contribution is 4.76. The molecule has 6 nitrogen and oxygen atoms in total. The van der Waals surface area contributed by atoms with Crippen LogP contribution in [0.3, 0.4) is 0 Å². The van der Waals surface area contributed by atoms with Crippen LogP contribution >= 0.6 is 0 Å². The maximum absolute atomic E-state index is 9.62. The second-order valence-corrected chi connectivity index (χ2v) is 3.74. The van der Waals surface area contributed by atoms with E-state index >= 15 is 0 Å². The lowest BCUT2D eigenvalue weighted by Crippen LogP contribution is -2.42. The molecule has 0 radical (unpaired) electrons. The third kappa shape index (κ3) is 5.74. The molecule has 0 heterocycles. The van der Waals surface area contributed by atoms with Gasteiger partial charge in [-0.25, -0.2) is 0 Å². The first kappa shape index (κ1) is 15.8. The van der Waals surface area contributed by atoms with E-state index in [1.807, 2.05) is 6.92 Å². The average molecular weight is 238 g/mol. The molecule has 0 bridgehead atoms. The van der Waals surface area contributed by atoms with Crippen LogP contribution in [0, 0.1) is 0 Å². The van der Waals surface area contributed by atoms with Crippen LogP contribution < -0.4 is 0 Å². The summed E-state index contributed by atoms with van der Waals surface area (Å²) in [6.45, 7) is 0.804. The molecule has 0 saturated carbocycles. The zero-order chi connectivity index (χ0) is 12.6. The van der Waals surface area contributed by atoms with Crippen LogP contribution in [-0.4, -0.2) is 69.8 Å². The summed E-state index contributed by atoms with van der Waals surface area (Å²) in [6.07, 6.45) is -2.89. The largest absolute Gasteiger partial charge is 0.394 e. The van der Waals surface area contributed by atoms with Crippen molar-refractivity contribution in [3.8, 4) is 0 Å². The van der Waals surface area contributed by atoms with E-state index in [0.29, 0.717) is 6.42 Å². The molecule has 0 fully saturated rings. The molecule has 16 heavy (non-hydrogen) atoms. The predicted octanol–water partition coefficient (Wildman–Crippen LogP) is -1.76.